The molecule has 5 heteroatoms. The van der Waals surface area contributed by atoms with Crippen molar-refractivity contribution in [1.82, 2.24) is 0 Å². The van der Waals surface area contributed by atoms with Crippen LogP contribution in [0.25, 0.3) is 0 Å². The Balaban J connectivity index is 1.88. The lowest BCUT2D eigenvalue weighted by atomic mass is 9.46. The van der Waals surface area contributed by atoms with Gasteiger partial charge in [0.05, 0.1) is 10.7 Å². The molecular weight excluding hydrogens is 372 g/mol. The monoisotopic (exact) mass is 402 g/mol. The Morgan fingerprint density at radius 2 is 1.96 bits per heavy atom. The van der Waals surface area contributed by atoms with Crippen molar-refractivity contribution in [2.24, 2.45) is 22.7 Å². The van der Waals surface area contributed by atoms with Crippen LogP contribution in [0.4, 0.5) is 0 Å². The molecule has 0 spiro atoms. The maximum absolute atomic E-state index is 13.0. The Morgan fingerprint density at radius 3 is 2.64 bits per heavy atom. The fourth-order valence-corrected chi connectivity index (χ4v) is 6.37. The molecule has 0 aromatic carbocycles. The second-order valence-corrected chi connectivity index (χ2v) is 10.2. The highest BCUT2D eigenvalue weighted by Crippen LogP contribution is 2.62. The van der Waals surface area contributed by atoms with E-state index in [0.717, 1.165) is 31.0 Å². The summed E-state index contributed by atoms with van der Waals surface area (Å²) in [5, 5.41) is 8.92. The quantitative estimate of drug-likeness (QED) is 0.520. The first-order valence-electron chi connectivity index (χ1n) is 10.1. The van der Waals surface area contributed by atoms with Gasteiger partial charge in [0, 0.05) is 11.6 Å². The highest BCUT2D eigenvalue weighted by Gasteiger charge is 2.53. The van der Waals surface area contributed by atoms with E-state index in [1.807, 2.05) is 0 Å². The Morgan fingerprint density at radius 1 is 1.25 bits per heavy atom. The van der Waals surface area contributed by atoms with E-state index < -0.39 is 5.97 Å². The number of hydrogen-bond acceptors (Lipinski definition) is 4. The lowest BCUT2D eigenvalue weighted by molar-refractivity contribution is -0.133. The molecule has 0 bridgehead atoms. The fourth-order valence-electron chi connectivity index (χ4n) is 5.63. The number of carboxylic acids is 1. The molecule has 3 rings (SSSR count). The summed E-state index contributed by atoms with van der Waals surface area (Å²) in [6.45, 7) is 9.17. The van der Waals surface area contributed by atoms with E-state index in [9.17, 15) is 14.4 Å². The van der Waals surface area contributed by atoms with Gasteiger partial charge in [-0.05, 0) is 67.8 Å². The molecule has 0 unspecified atom stereocenters. The summed E-state index contributed by atoms with van der Waals surface area (Å²) in [5.74, 6) is -0.655. The smallest absolute Gasteiger partial charge is 0.313 e. The van der Waals surface area contributed by atoms with Gasteiger partial charge in [0.25, 0.3) is 0 Å². The molecule has 0 aromatic rings. The number of aliphatic carboxylic acids is 1. The maximum atomic E-state index is 13.0. The van der Waals surface area contributed by atoms with Gasteiger partial charge in [-0.1, -0.05) is 32.4 Å². The third kappa shape index (κ3) is 3.66. The Labute approximate surface area is 171 Å². The first kappa shape index (κ1) is 21.1. The highest BCUT2D eigenvalue weighted by molar-refractivity contribution is 8.04. The molecule has 152 valence electrons. The van der Waals surface area contributed by atoms with Gasteiger partial charge in [-0.25, -0.2) is 0 Å². The Hall–Kier alpha value is -1.62. The summed E-state index contributed by atoms with van der Waals surface area (Å²) in [5.41, 5.74) is 2.09. The molecule has 0 radical (unpaired) electrons. The van der Waals surface area contributed by atoms with Crippen LogP contribution in [0.3, 0.4) is 0 Å². The van der Waals surface area contributed by atoms with E-state index in [2.05, 4.69) is 33.8 Å². The molecule has 0 amide bonds. The number of Topliss-reactive ketones (excluding diaryl/α,β-unsaturated/α-hetero) is 1. The second kappa shape index (κ2) is 7.66. The number of allylic oxidation sites excluding steroid dienone is 6. The molecule has 0 aromatic heterocycles. The van der Waals surface area contributed by atoms with Gasteiger partial charge >= 0.3 is 5.97 Å². The normalized spacial score (nSPS) is 35.6. The molecule has 1 fully saturated rings. The van der Waals surface area contributed by atoms with Crippen LogP contribution in [0.15, 0.2) is 34.3 Å². The summed E-state index contributed by atoms with van der Waals surface area (Å²) < 4.78 is 0. The Kier molecular flexibility index (Phi) is 5.77. The van der Waals surface area contributed by atoms with Crippen molar-refractivity contribution in [3.05, 3.63) is 34.3 Å². The van der Waals surface area contributed by atoms with Crippen LogP contribution in [-0.4, -0.2) is 28.4 Å². The Bertz CT molecular complexity index is 805. The van der Waals surface area contributed by atoms with E-state index in [-0.39, 0.29) is 33.1 Å². The van der Waals surface area contributed by atoms with Crippen LogP contribution >= 0.6 is 11.8 Å². The predicted octanol–water partition coefficient (Wildman–Crippen LogP) is 4.96. The summed E-state index contributed by atoms with van der Waals surface area (Å²) in [4.78, 5) is 36.4. The molecular formula is C23H30O4S. The zero-order valence-electron chi connectivity index (χ0n) is 17.2. The van der Waals surface area contributed by atoms with Crippen molar-refractivity contribution in [2.75, 3.05) is 5.75 Å². The summed E-state index contributed by atoms with van der Waals surface area (Å²) in [6, 6.07) is 0. The maximum Gasteiger partial charge on any atom is 0.313 e. The second-order valence-electron chi connectivity index (χ2n) is 9.15. The van der Waals surface area contributed by atoms with E-state index in [1.54, 1.807) is 0 Å². The number of thioether (sulfide) groups is 1. The summed E-state index contributed by atoms with van der Waals surface area (Å²) in [7, 11) is 0. The third-order valence-electron chi connectivity index (χ3n) is 7.62. The van der Waals surface area contributed by atoms with Crippen LogP contribution in [0.5, 0.6) is 0 Å². The van der Waals surface area contributed by atoms with Gasteiger partial charge < -0.3 is 5.11 Å². The number of hydrogen-bond donors (Lipinski definition) is 1. The van der Waals surface area contributed by atoms with Gasteiger partial charge in [-0.3, -0.25) is 14.4 Å². The van der Waals surface area contributed by atoms with Crippen LogP contribution in [-0.2, 0) is 14.4 Å². The van der Waals surface area contributed by atoms with Crippen molar-refractivity contribution < 1.29 is 19.5 Å². The number of carbonyl (C=O) groups is 3. The zero-order chi connectivity index (χ0) is 20.7. The van der Waals surface area contributed by atoms with Crippen LogP contribution in [0, 0.1) is 22.7 Å². The molecule has 1 N–H and O–H groups in total. The standard InChI is InChI=1S/C23H30O4S/c1-14-6-5-7-19-22(14,3)9-8-15(2)23(19,4)12-16-10-17(24)11-18(21(16)27)28-13-20(25)26/h6,10-11,15,19H,5,7-9,12-13H2,1-4H3,(H,25,26)/t15-,19+,22+,23+/m0/s1. The van der Waals surface area contributed by atoms with Gasteiger partial charge in [-0.15, -0.1) is 11.8 Å². The highest BCUT2D eigenvalue weighted by atomic mass is 32.2. The molecule has 3 aliphatic rings. The molecule has 28 heavy (non-hydrogen) atoms. The summed E-state index contributed by atoms with van der Waals surface area (Å²) in [6.07, 6.45) is 10.2. The van der Waals surface area contributed by atoms with Crippen molar-refractivity contribution in [3.8, 4) is 0 Å². The van der Waals surface area contributed by atoms with Gasteiger partial charge in [-0.2, -0.15) is 0 Å². The van der Waals surface area contributed by atoms with Crippen molar-refractivity contribution in [3.63, 3.8) is 0 Å². The summed E-state index contributed by atoms with van der Waals surface area (Å²) >= 11 is 0.946. The molecule has 1 saturated carbocycles. The number of carboxylic acid groups (broad SMARTS) is 1. The predicted molar refractivity (Wildman–Crippen MR) is 112 cm³/mol. The number of fused-ring (bicyclic) bond motifs is 1. The lowest BCUT2D eigenvalue weighted by Gasteiger charge is -2.58. The van der Waals surface area contributed by atoms with E-state index in [4.69, 9.17) is 5.11 Å². The topological polar surface area (TPSA) is 71.4 Å². The third-order valence-corrected chi connectivity index (χ3v) is 8.63. The van der Waals surface area contributed by atoms with E-state index in [1.165, 1.54) is 24.1 Å². The molecule has 0 aliphatic heterocycles. The van der Waals surface area contributed by atoms with Crippen molar-refractivity contribution in [1.29, 1.82) is 0 Å². The molecule has 4 nitrogen and oxygen atoms in total. The van der Waals surface area contributed by atoms with Crippen LogP contribution in [0.1, 0.15) is 59.8 Å². The average Bonchev–Trinajstić information content (AvgIpc) is 2.62. The van der Waals surface area contributed by atoms with E-state index >= 15 is 0 Å². The van der Waals surface area contributed by atoms with Gasteiger partial charge in [0.1, 0.15) is 0 Å². The van der Waals surface area contributed by atoms with Crippen LogP contribution in [0.2, 0.25) is 0 Å². The first-order valence-corrected chi connectivity index (χ1v) is 11.1. The minimum atomic E-state index is -0.990. The van der Waals surface area contributed by atoms with Crippen molar-refractivity contribution in [2.45, 2.75) is 59.8 Å². The lowest BCUT2D eigenvalue weighted by Crippen LogP contribution is -2.50. The first-order chi connectivity index (χ1) is 13.1. The van der Waals surface area contributed by atoms with Gasteiger partial charge in [0.2, 0.25) is 0 Å². The number of ketones is 2. The number of rotatable bonds is 5. The molecule has 4 atom stereocenters. The van der Waals surface area contributed by atoms with Crippen molar-refractivity contribution >= 4 is 29.3 Å². The van der Waals surface area contributed by atoms with Gasteiger partial charge in [0.15, 0.2) is 11.6 Å². The van der Waals surface area contributed by atoms with Crippen LogP contribution < -0.4 is 0 Å². The SMILES string of the molecule is CC1=CCC[C@H]2[C@](C)(CC3=CC(=O)C=C(SCC(=O)O)C3=O)[C@@H](C)CC[C@]12C. The average molecular weight is 403 g/mol. The minimum absolute atomic E-state index is 0.0653. The molecule has 0 heterocycles. The number of carbonyl (C=O) groups excluding carboxylic acids is 2. The van der Waals surface area contributed by atoms with E-state index in [0.29, 0.717) is 23.8 Å². The fraction of sp³-hybridized carbons (Fsp3) is 0.609. The molecule has 0 saturated heterocycles. The minimum Gasteiger partial charge on any atom is -0.481 e. The largest absolute Gasteiger partial charge is 0.481 e. The zero-order valence-corrected chi connectivity index (χ0v) is 18.0. The molecule has 3 aliphatic carbocycles.